The molecule has 1 aliphatic rings. The molecule has 3 nitrogen and oxygen atoms in total. The molecule has 20 heavy (non-hydrogen) atoms. The van der Waals surface area contributed by atoms with Crippen LogP contribution in [0.1, 0.15) is 44.4 Å². The first kappa shape index (κ1) is 15.5. The second-order valence-corrected chi connectivity index (χ2v) is 6.13. The minimum Gasteiger partial charge on any atom is -0.301 e. The first-order chi connectivity index (χ1) is 9.69. The van der Waals surface area contributed by atoms with Gasteiger partial charge in [-0.3, -0.25) is 4.98 Å². The number of pyridine rings is 1. The van der Waals surface area contributed by atoms with Crippen LogP contribution in [0.3, 0.4) is 0 Å². The Bertz CT molecular complexity index is 382. The molecule has 2 rings (SSSR count). The molecule has 1 aliphatic heterocycles. The summed E-state index contributed by atoms with van der Waals surface area (Å²) in [4.78, 5) is 9.56. The van der Waals surface area contributed by atoms with E-state index in [1.54, 1.807) is 0 Å². The zero-order chi connectivity index (χ0) is 14.4. The maximum absolute atomic E-state index is 4.54. The summed E-state index contributed by atoms with van der Waals surface area (Å²) in [6.07, 6.45) is 7.10. The maximum atomic E-state index is 4.54. The van der Waals surface area contributed by atoms with Crippen LogP contribution in [0.4, 0.5) is 0 Å². The Morgan fingerprint density at radius 3 is 2.65 bits per heavy atom. The van der Waals surface area contributed by atoms with E-state index in [-0.39, 0.29) is 0 Å². The minimum atomic E-state index is 0.718. The van der Waals surface area contributed by atoms with Crippen molar-refractivity contribution in [1.82, 2.24) is 14.8 Å². The molecule has 0 radical (unpaired) electrons. The van der Waals surface area contributed by atoms with Gasteiger partial charge in [-0.1, -0.05) is 13.0 Å². The molecule has 1 aromatic rings. The van der Waals surface area contributed by atoms with Crippen LogP contribution >= 0.6 is 0 Å². The van der Waals surface area contributed by atoms with Crippen molar-refractivity contribution in [3.8, 4) is 0 Å². The Morgan fingerprint density at radius 2 is 2.05 bits per heavy atom. The van der Waals surface area contributed by atoms with Gasteiger partial charge in [-0.2, -0.15) is 0 Å². The zero-order valence-corrected chi connectivity index (χ0v) is 13.3. The van der Waals surface area contributed by atoms with Crippen LogP contribution in [-0.4, -0.2) is 47.5 Å². The van der Waals surface area contributed by atoms with Gasteiger partial charge in [-0.05, 0) is 70.9 Å². The Balaban J connectivity index is 1.72. The second-order valence-electron chi connectivity index (χ2n) is 6.13. The fourth-order valence-electron chi connectivity index (χ4n) is 2.89. The van der Waals surface area contributed by atoms with Crippen LogP contribution in [0.2, 0.25) is 0 Å². The Kier molecular flexibility index (Phi) is 5.99. The molecule has 1 fully saturated rings. The van der Waals surface area contributed by atoms with Gasteiger partial charge in [0, 0.05) is 18.8 Å². The largest absolute Gasteiger partial charge is 0.301 e. The summed E-state index contributed by atoms with van der Waals surface area (Å²) in [5.74, 6) is 0. The van der Waals surface area contributed by atoms with Gasteiger partial charge in [-0.25, -0.2) is 0 Å². The lowest BCUT2D eigenvalue weighted by molar-refractivity contribution is 0.214. The summed E-state index contributed by atoms with van der Waals surface area (Å²) in [6.45, 7) is 9.23. The zero-order valence-electron chi connectivity index (χ0n) is 13.3. The molecule has 0 saturated carbocycles. The Labute approximate surface area is 124 Å². The molecule has 1 saturated heterocycles. The number of aromatic nitrogens is 1. The van der Waals surface area contributed by atoms with Crippen molar-refractivity contribution in [3.05, 3.63) is 29.6 Å². The van der Waals surface area contributed by atoms with Crippen molar-refractivity contribution in [2.45, 2.75) is 52.1 Å². The Hall–Kier alpha value is -0.930. The average Bonchev–Trinajstić information content (AvgIpc) is 3.00. The molecule has 0 amide bonds. The molecule has 0 aromatic carbocycles. The van der Waals surface area contributed by atoms with E-state index in [0.29, 0.717) is 0 Å². The van der Waals surface area contributed by atoms with Crippen LogP contribution in [0.5, 0.6) is 0 Å². The molecule has 0 spiro atoms. The lowest BCUT2D eigenvalue weighted by Crippen LogP contribution is -2.33. The van der Waals surface area contributed by atoms with Crippen molar-refractivity contribution in [3.63, 3.8) is 0 Å². The lowest BCUT2D eigenvalue weighted by Gasteiger charge is -2.26. The fourth-order valence-corrected chi connectivity index (χ4v) is 2.89. The summed E-state index contributed by atoms with van der Waals surface area (Å²) in [5.41, 5.74) is 2.50. The molecule has 0 N–H and O–H groups in total. The van der Waals surface area contributed by atoms with E-state index in [9.17, 15) is 0 Å². The van der Waals surface area contributed by atoms with Crippen molar-refractivity contribution < 1.29 is 0 Å². The lowest BCUT2D eigenvalue weighted by atomic mass is 10.2. The third kappa shape index (κ3) is 4.57. The number of nitrogens with zero attached hydrogens (tertiary/aromatic N) is 3. The number of rotatable bonds is 7. The highest BCUT2D eigenvalue weighted by molar-refractivity contribution is 5.13. The number of hydrogen-bond donors (Lipinski definition) is 0. The van der Waals surface area contributed by atoms with Crippen LogP contribution < -0.4 is 0 Å². The summed E-state index contributed by atoms with van der Waals surface area (Å²) < 4.78 is 0. The SMILES string of the molecule is CCc1ccc(CN(C)CC[C@@H](C)N2CCCC2)nc1. The monoisotopic (exact) mass is 275 g/mol. The highest BCUT2D eigenvalue weighted by Gasteiger charge is 2.18. The van der Waals surface area contributed by atoms with Gasteiger partial charge in [0.15, 0.2) is 0 Å². The van der Waals surface area contributed by atoms with E-state index in [1.807, 2.05) is 6.20 Å². The summed E-state index contributed by atoms with van der Waals surface area (Å²) in [7, 11) is 2.20. The van der Waals surface area contributed by atoms with Crippen molar-refractivity contribution in [2.75, 3.05) is 26.7 Å². The standard InChI is InChI=1S/C17H29N3/c1-4-16-7-8-17(18-13-16)14-19(3)12-9-15(2)20-10-5-6-11-20/h7-8,13,15H,4-6,9-12,14H2,1-3H3/t15-/m1/s1. The van der Waals surface area contributed by atoms with Gasteiger partial charge in [0.25, 0.3) is 0 Å². The minimum absolute atomic E-state index is 0.718. The molecule has 0 unspecified atom stereocenters. The van der Waals surface area contributed by atoms with Gasteiger partial charge in [-0.15, -0.1) is 0 Å². The maximum Gasteiger partial charge on any atom is 0.0544 e. The highest BCUT2D eigenvalue weighted by atomic mass is 15.2. The Morgan fingerprint density at radius 1 is 1.30 bits per heavy atom. The van der Waals surface area contributed by atoms with E-state index in [1.165, 1.54) is 43.6 Å². The first-order valence-corrected chi connectivity index (χ1v) is 8.05. The van der Waals surface area contributed by atoms with Crippen molar-refractivity contribution in [1.29, 1.82) is 0 Å². The quantitative estimate of drug-likeness (QED) is 0.762. The summed E-state index contributed by atoms with van der Waals surface area (Å²) in [6, 6.07) is 5.08. The third-order valence-corrected chi connectivity index (χ3v) is 4.42. The van der Waals surface area contributed by atoms with Crippen LogP contribution in [0, 0.1) is 0 Å². The second kappa shape index (κ2) is 7.75. The van der Waals surface area contributed by atoms with Gasteiger partial charge in [0.1, 0.15) is 0 Å². The van der Waals surface area contributed by atoms with E-state index in [4.69, 9.17) is 0 Å². The predicted octanol–water partition coefficient (Wildman–Crippen LogP) is 2.95. The van der Waals surface area contributed by atoms with Gasteiger partial charge >= 0.3 is 0 Å². The van der Waals surface area contributed by atoms with Crippen molar-refractivity contribution >= 4 is 0 Å². The molecule has 112 valence electrons. The van der Waals surface area contributed by atoms with Crippen LogP contribution in [-0.2, 0) is 13.0 Å². The average molecular weight is 275 g/mol. The van der Waals surface area contributed by atoms with E-state index in [0.717, 1.165) is 25.6 Å². The van der Waals surface area contributed by atoms with Crippen LogP contribution in [0.15, 0.2) is 18.3 Å². The first-order valence-electron chi connectivity index (χ1n) is 8.05. The highest BCUT2D eigenvalue weighted by Crippen LogP contribution is 2.14. The summed E-state index contributed by atoms with van der Waals surface area (Å²) >= 11 is 0. The molecule has 2 heterocycles. The van der Waals surface area contributed by atoms with E-state index >= 15 is 0 Å². The molecular formula is C17H29N3. The third-order valence-electron chi connectivity index (χ3n) is 4.42. The predicted molar refractivity (Wildman–Crippen MR) is 84.8 cm³/mol. The molecule has 0 bridgehead atoms. The smallest absolute Gasteiger partial charge is 0.0544 e. The molecular weight excluding hydrogens is 246 g/mol. The normalized spacial score (nSPS) is 17.8. The molecule has 0 aliphatic carbocycles. The summed E-state index contributed by atoms with van der Waals surface area (Å²) in [5, 5.41) is 0. The van der Waals surface area contributed by atoms with Gasteiger partial charge in [0.05, 0.1) is 5.69 Å². The van der Waals surface area contributed by atoms with E-state index in [2.05, 4.69) is 47.8 Å². The number of aryl methyl sites for hydroxylation is 1. The number of hydrogen-bond acceptors (Lipinski definition) is 3. The number of likely N-dealkylation sites (tertiary alicyclic amines) is 1. The fraction of sp³-hybridized carbons (Fsp3) is 0.706. The molecule has 1 aromatic heterocycles. The topological polar surface area (TPSA) is 19.4 Å². The van der Waals surface area contributed by atoms with Crippen molar-refractivity contribution in [2.24, 2.45) is 0 Å². The molecule has 3 heteroatoms. The van der Waals surface area contributed by atoms with E-state index < -0.39 is 0 Å². The van der Waals surface area contributed by atoms with Crippen LogP contribution in [0.25, 0.3) is 0 Å². The van der Waals surface area contributed by atoms with Gasteiger partial charge < -0.3 is 9.80 Å². The molecule has 1 atom stereocenters. The van der Waals surface area contributed by atoms with Gasteiger partial charge in [0.2, 0.25) is 0 Å².